The molecule has 6 heteroatoms. The van der Waals surface area contributed by atoms with Gasteiger partial charge in [0.25, 0.3) is 0 Å². The minimum Gasteiger partial charge on any atom is -0.344 e. The lowest BCUT2D eigenvalue weighted by Crippen LogP contribution is -2.53. The highest BCUT2D eigenvalue weighted by molar-refractivity contribution is 5.91. The van der Waals surface area contributed by atoms with Crippen LogP contribution in [0.2, 0.25) is 0 Å². The molecule has 134 valence electrons. The van der Waals surface area contributed by atoms with Gasteiger partial charge in [-0.3, -0.25) is 9.59 Å². The minimum atomic E-state index is -0.572. The molecule has 2 heterocycles. The number of hydrogen-bond donors (Lipinski definition) is 2. The van der Waals surface area contributed by atoms with Gasteiger partial charge in [-0.2, -0.15) is 0 Å². The summed E-state index contributed by atoms with van der Waals surface area (Å²) in [6, 6.07) is 8.39. The zero-order valence-corrected chi connectivity index (χ0v) is 14.3. The molecule has 0 aliphatic carbocycles. The zero-order valence-electron chi connectivity index (χ0n) is 14.3. The van der Waals surface area contributed by atoms with Crippen LogP contribution in [0, 0.1) is 0 Å². The van der Waals surface area contributed by atoms with Crippen molar-refractivity contribution in [1.82, 2.24) is 15.5 Å². The molecule has 0 radical (unpaired) electrons. The summed E-state index contributed by atoms with van der Waals surface area (Å²) in [6.45, 7) is 1.46. The van der Waals surface area contributed by atoms with Crippen LogP contribution in [0.3, 0.4) is 0 Å². The molecule has 0 aromatic heterocycles. The van der Waals surface area contributed by atoms with Crippen molar-refractivity contribution < 1.29 is 14.4 Å². The van der Waals surface area contributed by atoms with E-state index < -0.39 is 12.1 Å². The molecule has 2 saturated heterocycles. The number of likely N-dealkylation sites (tertiary alicyclic amines) is 1. The minimum absolute atomic E-state index is 0.0147. The fourth-order valence-corrected chi connectivity index (χ4v) is 3.68. The maximum absolute atomic E-state index is 12.7. The van der Waals surface area contributed by atoms with Gasteiger partial charge in [0, 0.05) is 6.54 Å². The normalized spacial score (nSPS) is 24.1. The molecule has 0 spiro atoms. The predicted octanol–water partition coefficient (Wildman–Crippen LogP) is 0.656. The van der Waals surface area contributed by atoms with Gasteiger partial charge < -0.3 is 20.3 Å². The molecular formula is C19H25N3O3. The maximum atomic E-state index is 12.7. The van der Waals surface area contributed by atoms with Gasteiger partial charge in [-0.05, 0) is 44.2 Å². The van der Waals surface area contributed by atoms with Crippen molar-refractivity contribution in [2.45, 2.75) is 50.2 Å². The van der Waals surface area contributed by atoms with Crippen molar-refractivity contribution >= 4 is 18.1 Å². The summed E-state index contributed by atoms with van der Waals surface area (Å²) in [5, 5.41) is 6.01. The van der Waals surface area contributed by atoms with E-state index in [4.69, 9.17) is 0 Å². The van der Waals surface area contributed by atoms with E-state index in [0.29, 0.717) is 19.4 Å². The van der Waals surface area contributed by atoms with Crippen molar-refractivity contribution in [3.63, 3.8) is 0 Å². The Balaban J connectivity index is 1.60. The highest BCUT2D eigenvalue weighted by Gasteiger charge is 2.38. The van der Waals surface area contributed by atoms with Crippen LogP contribution >= 0.6 is 0 Å². The molecule has 2 aliphatic heterocycles. The van der Waals surface area contributed by atoms with Crippen LogP contribution in [0.4, 0.5) is 0 Å². The standard InChI is InChI=1S/C19H25N3O3/c23-13-15(12-14-6-2-1-3-7-14)21-18(24)17-9-5-11-22(17)19(25)16-8-4-10-20-16/h1-3,6-7,13,15-17,20H,4-5,8-12H2,(H,21,24)/t15-,16-,17-/m0/s1. The summed E-state index contributed by atoms with van der Waals surface area (Å²) in [6.07, 6.45) is 4.52. The fraction of sp³-hybridized carbons (Fsp3) is 0.526. The summed E-state index contributed by atoms with van der Waals surface area (Å²) in [4.78, 5) is 38.3. The van der Waals surface area contributed by atoms with Crippen molar-refractivity contribution in [3.05, 3.63) is 35.9 Å². The van der Waals surface area contributed by atoms with Crippen LogP contribution in [0.5, 0.6) is 0 Å². The molecule has 6 nitrogen and oxygen atoms in total. The van der Waals surface area contributed by atoms with E-state index in [-0.39, 0.29) is 17.9 Å². The average Bonchev–Trinajstić information content (AvgIpc) is 3.33. The smallest absolute Gasteiger partial charge is 0.243 e. The number of carbonyl (C=O) groups excluding carboxylic acids is 3. The first-order chi connectivity index (χ1) is 12.2. The number of carbonyl (C=O) groups is 3. The number of aldehydes is 1. The van der Waals surface area contributed by atoms with Crippen LogP contribution < -0.4 is 10.6 Å². The number of benzene rings is 1. The third-order valence-corrected chi connectivity index (χ3v) is 4.99. The number of nitrogens with one attached hydrogen (secondary N) is 2. The summed E-state index contributed by atoms with van der Waals surface area (Å²) >= 11 is 0. The summed E-state index contributed by atoms with van der Waals surface area (Å²) in [7, 11) is 0. The van der Waals surface area contributed by atoms with Crippen LogP contribution in [-0.4, -0.2) is 54.2 Å². The molecule has 0 unspecified atom stereocenters. The van der Waals surface area contributed by atoms with Gasteiger partial charge in [0.15, 0.2) is 0 Å². The van der Waals surface area contributed by atoms with Crippen molar-refractivity contribution in [3.8, 4) is 0 Å². The van der Waals surface area contributed by atoms with E-state index in [2.05, 4.69) is 10.6 Å². The molecule has 3 atom stereocenters. The molecule has 25 heavy (non-hydrogen) atoms. The molecule has 2 amide bonds. The largest absolute Gasteiger partial charge is 0.344 e. The Bertz CT molecular complexity index is 614. The summed E-state index contributed by atoms with van der Waals surface area (Å²) in [5.74, 6) is -0.210. The van der Waals surface area contributed by atoms with E-state index in [1.54, 1.807) is 4.90 Å². The third-order valence-electron chi connectivity index (χ3n) is 4.99. The molecular weight excluding hydrogens is 318 g/mol. The van der Waals surface area contributed by atoms with Gasteiger partial charge in [-0.1, -0.05) is 30.3 Å². The second kappa shape index (κ2) is 8.25. The average molecular weight is 343 g/mol. The first-order valence-electron chi connectivity index (χ1n) is 9.02. The van der Waals surface area contributed by atoms with Crippen LogP contribution in [0.25, 0.3) is 0 Å². The van der Waals surface area contributed by atoms with Gasteiger partial charge in [-0.15, -0.1) is 0 Å². The van der Waals surface area contributed by atoms with Gasteiger partial charge >= 0.3 is 0 Å². The number of rotatable bonds is 6. The maximum Gasteiger partial charge on any atom is 0.243 e. The summed E-state index contributed by atoms with van der Waals surface area (Å²) < 4.78 is 0. The summed E-state index contributed by atoms with van der Waals surface area (Å²) in [5.41, 5.74) is 0.995. The highest BCUT2D eigenvalue weighted by atomic mass is 16.2. The molecule has 3 rings (SSSR count). The lowest BCUT2D eigenvalue weighted by molar-refractivity contribution is -0.140. The monoisotopic (exact) mass is 343 g/mol. The SMILES string of the molecule is O=C[C@H](Cc1ccccc1)NC(=O)[C@@H]1CCCN1C(=O)[C@@H]1CCCN1. The first kappa shape index (κ1) is 17.6. The van der Waals surface area contributed by atoms with E-state index >= 15 is 0 Å². The Labute approximate surface area is 148 Å². The zero-order chi connectivity index (χ0) is 17.6. The Kier molecular flexibility index (Phi) is 5.81. The van der Waals surface area contributed by atoms with Crippen molar-refractivity contribution in [1.29, 1.82) is 0 Å². The molecule has 2 fully saturated rings. The Hall–Kier alpha value is -2.21. The molecule has 0 saturated carbocycles. The van der Waals surface area contributed by atoms with Gasteiger partial charge in [0.2, 0.25) is 11.8 Å². The highest BCUT2D eigenvalue weighted by Crippen LogP contribution is 2.21. The van der Waals surface area contributed by atoms with Gasteiger partial charge in [0.05, 0.1) is 12.1 Å². The predicted molar refractivity (Wildman–Crippen MR) is 93.9 cm³/mol. The molecule has 1 aromatic carbocycles. The number of amides is 2. The first-order valence-corrected chi connectivity index (χ1v) is 9.02. The third kappa shape index (κ3) is 4.25. The van der Waals surface area contributed by atoms with Gasteiger partial charge in [-0.25, -0.2) is 0 Å². The number of hydrogen-bond acceptors (Lipinski definition) is 4. The van der Waals surface area contributed by atoms with Crippen LogP contribution in [-0.2, 0) is 20.8 Å². The molecule has 1 aromatic rings. The Morgan fingerprint density at radius 3 is 2.72 bits per heavy atom. The van der Waals surface area contributed by atoms with Crippen LogP contribution in [0.1, 0.15) is 31.2 Å². The Morgan fingerprint density at radius 2 is 2.04 bits per heavy atom. The van der Waals surface area contributed by atoms with Gasteiger partial charge in [0.1, 0.15) is 12.3 Å². The quantitative estimate of drug-likeness (QED) is 0.744. The second-order valence-corrected chi connectivity index (χ2v) is 6.78. The van der Waals surface area contributed by atoms with E-state index in [1.165, 1.54) is 0 Å². The topological polar surface area (TPSA) is 78.5 Å². The molecule has 2 aliphatic rings. The molecule has 2 N–H and O–H groups in total. The van der Waals surface area contributed by atoms with E-state index in [1.807, 2.05) is 30.3 Å². The van der Waals surface area contributed by atoms with Crippen LogP contribution in [0.15, 0.2) is 30.3 Å². The lowest BCUT2D eigenvalue weighted by Gasteiger charge is -2.27. The Morgan fingerprint density at radius 1 is 1.24 bits per heavy atom. The fourth-order valence-electron chi connectivity index (χ4n) is 3.68. The van der Waals surface area contributed by atoms with Crippen molar-refractivity contribution in [2.24, 2.45) is 0 Å². The number of nitrogens with zero attached hydrogens (tertiary/aromatic N) is 1. The second-order valence-electron chi connectivity index (χ2n) is 6.78. The van der Waals surface area contributed by atoms with Crippen molar-refractivity contribution in [2.75, 3.05) is 13.1 Å². The van der Waals surface area contributed by atoms with E-state index in [9.17, 15) is 14.4 Å². The van der Waals surface area contributed by atoms with E-state index in [0.717, 1.165) is 37.7 Å². The lowest BCUT2D eigenvalue weighted by atomic mass is 10.1. The molecule has 0 bridgehead atoms.